The second-order valence-electron chi connectivity index (χ2n) is 10.8. The molecule has 0 heterocycles. The highest BCUT2D eigenvalue weighted by molar-refractivity contribution is 5.76. The minimum Gasteiger partial charge on any atom is -0.395 e. The highest BCUT2D eigenvalue weighted by Crippen LogP contribution is 2.13. The van der Waals surface area contributed by atoms with Gasteiger partial charge < -0.3 is 19.8 Å². The van der Waals surface area contributed by atoms with Crippen molar-refractivity contribution in [3.05, 3.63) is 0 Å². The maximum atomic E-state index is 12.6. The van der Waals surface area contributed by atoms with Crippen LogP contribution in [0.3, 0.4) is 0 Å². The van der Waals surface area contributed by atoms with Crippen molar-refractivity contribution in [3.8, 4) is 0 Å². The van der Waals surface area contributed by atoms with E-state index in [1.807, 2.05) is 0 Å². The fourth-order valence-electron chi connectivity index (χ4n) is 4.76. The molecule has 0 aliphatic carbocycles. The Morgan fingerprint density at radius 1 is 0.667 bits per heavy atom. The minimum absolute atomic E-state index is 0.0363. The quantitative estimate of drug-likeness (QED) is 0.100. The van der Waals surface area contributed by atoms with E-state index in [-0.39, 0.29) is 32.2 Å². The molecule has 0 radical (unpaired) electrons. The average molecular weight is 514 g/mol. The maximum absolute atomic E-state index is 12.6. The summed E-state index contributed by atoms with van der Waals surface area (Å²) in [5.74, 6) is 0.0363. The summed E-state index contributed by atoms with van der Waals surface area (Å²) in [5.41, 5.74) is 0. The van der Waals surface area contributed by atoms with Gasteiger partial charge in [-0.15, -0.1) is 0 Å². The topological polar surface area (TPSA) is 70.0 Å². The monoisotopic (exact) mass is 513 g/mol. The molecule has 0 aromatic rings. The van der Waals surface area contributed by atoms with E-state index < -0.39 is 6.10 Å². The van der Waals surface area contributed by atoms with Crippen molar-refractivity contribution in [1.82, 2.24) is 4.90 Å². The van der Waals surface area contributed by atoms with Gasteiger partial charge in [-0.05, 0) is 12.8 Å². The van der Waals surface area contributed by atoms with Crippen LogP contribution in [0.5, 0.6) is 0 Å². The lowest BCUT2D eigenvalue weighted by molar-refractivity contribution is -0.134. The Labute approximate surface area is 224 Å². The summed E-state index contributed by atoms with van der Waals surface area (Å²) >= 11 is 0. The molecule has 0 aliphatic heterocycles. The van der Waals surface area contributed by atoms with Gasteiger partial charge in [0.05, 0.1) is 19.3 Å². The number of hydrogen-bond donors (Lipinski definition) is 2. The number of nitrogens with zero attached hydrogens (tertiary/aromatic N) is 1. The fourth-order valence-corrected chi connectivity index (χ4v) is 4.76. The smallest absolute Gasteiger partial charge is 0.222 e. The Balaban J connectivity index is 3.69. The van der Waals surface area contributed by atoms with Crippen LogP contribution in [0.25, 0.3) is 0 Å². The molecule has 0 rings (SSSR count). The van der Waals surface area contributed by atoms with E-state index in [2.05, 4.69) is 13.8 Å². The number of aliphatic hydroxyl groups excluding tert-OH is 2. The van der Waals surface area contributed by atoms with Gasteiger partial charge in [0.2, 0.25) is 5.91 Å². The summed E-state index contributed by atoms with van der Waals surface area (Å²) in [6, 6.07) is 0. The van der Waals surface area contributed by atoms with Gasteiger partial charge in [0, 0.05) is 26.1 Å². The number of hydrogen-bond acceptors (Lipinski definition) is 4. The molecule has 2 N–H and O–H groups in total. The molecule has 0 fully saturated rings. The zero-order chi connectivity index (χ0) is 26.5. The van der Waals surface area contributed by atoms with Crippen molar-refractivity contribution in [2.45, 2.75) is 161 Å². The number of carbonyl (C=O) groups excluding carboxylic acids is 1. The van der Waals surface area contributed by atoms with Crippen LogP contribution in [0, 0.1) is 0 Å². The Morgan fingerprint density at radius 2 is 1.08 bits per heavy atom. The van der Waals surface area contributed by atoms with Crippen LogP contribution in [0.2, 0.25) is 0 Å². The molecule has 1 unspecified atom stereocenters. The summed E-state index contributed by atoms with van der Waals surface area (Å²) < 4.78 is 5.63. The van der Waals surface area contributed by atoms with Gasteiger partial charge in [-0.25, -0.2) is 0 Å². The lowest BCUT2D eigenvalue weighted by Crippen LogP contribution is -2.40. The molecular formula is C31H63NO4. The van der Waals surface area contributed by atoms with Gasteiger partial charge >= 0.3 is 0 Å². The molecule has 0 saturated heterocycles. The third-order valence-corrected chi connectivity index (χ3v) is 7.10. The predicted molar refractivity (Wildman–Crippen MR) is 153 cm³/mol. The van der Waals surface area contributed by atoms with Crippen molar-refractivity contribution < 1.29 is 19.7 Å². The fraction of sp³-hybridized carbons (Fsp3) is 0.968. The second-order valence-corrected chi connectivity index (χ2v) is 10.8. The Kier molecular flexibility index (Phi) is 28.4. The SMILES string of the molecule is CCCCCCCCCCCCCCCC(=O)N(CCO)CC(O)COCCCCCCCCCC. The summed E-state index contributed by atoms with van der Waals surface area (Å²) in [4.78, 5) is 14.2. The van der Waals surface area contributed by atoms with Gasteiger partial charge in [0.15, 0.2) is 0 Å². The number of amides is 1. The Hall–Kier alpha value is -0.650. The number of aliphatic hydroxyl groups is 2. The highest BCUT2D eigenvalue weighted by Gasteiger charge is 2.17. The van der Waals surface area contributed by atoms with Gasteiger partial charge in [0.25, 0.3) is 0 Å². The van der Waals surface area contributed by atoms with Crippen LogP contribution in [0.1, 0.15) is 155 Å². The molecule has 5 heteroatoms. The molecule has 1 atom stereocenters. The molecule has 0 aromatic heterocycles. The van der Waals surface area contributed by atoms with E-state index in [9.17, 15) is 15.0 Å². The molecule has 0 aromatic carbocycles. The first-order valence-corrected chi connectivity index (χ1v) is 15.8. The van der Waals surface area contributed by atoms with Gasteiger partial charge in [-0.1, -0.05) is 136 Å². The molecule has 36 heavy (non-hydrogen) atoms. The second kappa shape index (κ2) is 28.9. The summed E-state index contributed by atoms with van der Waals surface area (Å²) in [5, 5.41) is 19.6. The van der Waals surface area contributed by atoms with E-state index in [4.69, 9.17) is 4.74 Å². The lowest BCUT2D eigenvalue weighted by atomic mass is 10.0. The van der Waals surface area contributed by atoms with Crippen molar-refractivity contribution in [1.29, 1.82) is 0 Å². The molecule has 0 saturated carbocycles. The first-order valence-electron chi connectivity index (χ1n) is 15.8. The summed E-state index contributed by atoms with van der Waals surface area (Å²) in [6.07, 6.45) is 26.6. The third-order valence-electron chi connectivity index (χ3n) is 7.10. The van der Waals surface area contributed by atoms with Crippen LogP contribution in [0.15, 0.2) is 0 Å². The van der Waals surface area contributed by atoms with E-state index in [1.165, 1.54) is 116 Å². The van der Waals surface area contributed by atoms with Crippen molar-refractivity contribution in [2.24, 2.45) is 0 Å². The largest absolute Gasteiger partial charge is 0.395 e. The van der Waals surface area contributed by atoms with Crippen molar-refractivity contribution in [3.63, 3.8) is 0 Å². The molecule has 0 aliphatic rings. The molecular weight excluding hydrogens is 450 g/mol. The maximum Gasteiger partial charge on any atom is 0.222 e. The average Bonchev–Trinajstić information content (AvgIpc) is 2.87. The van der Waals surface area contributed by atoms with Crippen molar-refractivity contribution in [2.75, 3.05) is 32.9 Å². The minimum atomic E-state index is -0.693. The van der Waals surface area contributed by atoms with Crippen molar-refractivity contribution >= 4 is 5.91 Å². The number of rotatable bonds is 29. The molecule has 5 nitrogen and oxygen atoms in total. The van der Waals surface area contributed by atoms with E-state index in [0.29, 0.717) is 13.0 Å². The predicted octanol–water partition coefficient (Wildman–Crippen LogP) is 7.81. The molecule has 0 bridgehead atoms. The molecule has 216 valence electrons. The summed E-state index contributed by atoms with van der Waals surface area (Å²) in [7, 11) is 0. The van der Waals surface area contributed by atoms with Crippen LogP contribution >= 0.6 is 0 Å². The van der Waals surface area contributed by atoms with Crippen LogP contribution in [0.4, 0.5) is 0 Å². The summed E-state index contributed by atoms with van der Waals surface area (Å²) in [6.45, 7) is 5.88. The Morgan fingerprint density at radius 3 is 1.53 bits per heavy atom. The number of carbonyl (C=O) groups is 1. The molecule has 0 spiro atoms. The normalized spacial score (nSPS) is 12.2. The van der Waals surface area contributed by atoms with E-state index in [0.717, 1.165) is 19.3 Å². The standard InChI is InChI=1S/C31H63NO4/c1-3-5-7-9-11-13-14-15-16-17-18-20-22-24-31(35)32(25-26-33)28-30(34)29-36-27-23-21-19-12-10-8-6-4-2/h30,33-34H,3-29H2,1-2H3. The zero-order valence-corrected chi connectivity index (χ0v) is 24.3. The van der Waals surface area contributed by atoms with E-state index >= 15 is 0 Å². The van der Waals surface area contributed by atoms with Gasteiger partial charge in [-0.3, -0.25) is 4.79 Å². The van der Waals surface area contributed by atoms with Crippen LogP contribution in [-0.2, 0) is 9.53 Å². The highest BCUT2D eigenvalue weighted by atomic mass is 16.5. The van der Waals surface area contributed by atoms with Crippen LogP contribution < -0.4 is 0 Å². The first-order chi connectivity index (χ1) is 17.7. The lowest BCUT2D eigenvalue weighted by Gasteiger charge is -2.24. The van der Waals surface area contributed by atoms with Crippen LogP contribution in [-0.4, -0.2) is 60.0 Å². The van der Waals surface area contributed by atoms with Gasteiger partial charge in [0.1, 0.15) is 0 Å². The van der Waals surface area contributed by atoms with Gasteiger partial charge in [-0.2, -0.15) is 0 Å². The van der Waals surface area contributed by atoms with E-state index in [1.54, 1.807) is 4.90 Å². The Bertz CT molecular complexity index is 446. The number of ether oxygens (including phenoxy) is 1. The zero-order valence-electron chi connectivity index (χ0n) is 24.3. The number of unbranched alkanes of at least 4 members (excludes halogenated alkanes) is 19. The molecule has 1 amide bonds. The third kappa shape index (κ3) is 25.0. The first kappa shape index (κ1) is 35.4.